The molecule has 3 heteroatoms. The van der Waals surface area contributed by atoms with Gasteiger partial charge in [-0.2, -0.15) is 0 Å². The van der Waals surface area contributed by atoms with E-state index in [0.717, 1.165) is 31.6 Å². The Morgan fingerprint density at radius 2 is 2.05 bits per heavy atom. The van der Waals surface area contributed by atoms with E-state index in [1.807, 2.05) is 6.07 Å². The molecule has 0 aliphatic rings. The molecular weight excluding hydrogens is 239 g/mol. The normalized spacial score (nSPS) is 13.2. The number of nitrogens with one attached hydrogen (secondary N) is 1. The molecule has 19 heavy (non-hydrogen) atoms. The van der Waals surface area contributed by atoms with E-state index in [2.05, 4.69) is 38.0 Å². The summed E-state index contributed by atoms with van der Waals surface area (Å²) in [6.07, 6.45) is 1.00. The van der Waals surface area contributed by atoms with E-state index in [1.165, 1.54) is 6.07 Å². The topological polar surface area (TPSA) is 15.3 Å². The van der Waals surface area contributed by atoms with E-state index in [-0.39, 0.29) is 11.9 Å². The quantitative estimate of drug-likeness (QED) is 0.775. The summed E-state index contributed by atoms with van der Waals surface area (Å²) in [5.41, 5.74) is 1.04. The minimum absolute atomic E-state index is 0.157. The molecule has 0 saturated heterocycles. The van der Waals surface area contributed by atoms with Gasteiger partial charge in [-0.3, -0.25) is 0 Å². The van der Waals surface area contributed by atoms with E-state index in [0.29, 0.717) is 5.92 Å². The molecule has 1 rings (SSSR count). The molecule has 0 spiro atoms. The lowest BCUT2D eigenvalue weighted by molar-refractivity contribution is 0.277. The van der Waals surface area contributed by atoms with Gasteiger partial charge in [0, 0.05) is 12.6 Å². The van der Waals surface area contributed by atoms with Crippen LogP contribution in [0.4, 0.5) is 4.39 Å². The van der Waals surface area contributed by atoms with E-state index in [9.17, 15) is 4.39 Å². The second-order valence-electron chi connectivity index (χ2n) is 5.61. The third-order valence-electron chi connectivity index (χ3n) is 3.18. The molecule has 0 saturated carbocycles. The predicted octanol–water partition coefficient (Wildman–Crippen LogP) is 3.45. The Bertz CT molecular complexity index is 366. The molecule has 2 nitrogen and oxygen atoms in total. The van der Waals surface area contributed by atoms with Crippen LogP contribution in [-0.2, 0) is 0 Å². The maximum atomic E-state index is 13.3. The van der Waals surface area contributed by atoms with Gasteiger partial charge in [0.2, 0.25) is 0 Å². The smallest absolute Gasteiger partial charge is 0.123 e. The van der Waals surface area contributed by atoms with Crippen LogP contribution in [0.15, 0.2) is 24.3 Å². The number of halogens is 1. The van der Waals surface area contributed by atoms with Gasteiger partial charge in [-0.25, -0.2) is 4.39 Å². The van der Waals surface area contributed by atoms with Crippen molar-refractivity contribution in [3.8, 4) is 0 Å². The third kappa shape index (κ3) is 6.17. The van der Waals surface area contributed by atoms with E-state index < -0.39 is 0 Å². The Balaban J connectivity index is 2.58. The van der Waals surface area contributed by atoms with Crippen molar-refractivity contribution in [2.75, 3.05) is 26.7 Å². The molecule has 0 aliphatic carbocycles. The van der Waals surface area contributed by atoms with Crippen molar-refractivity contribution in [3.05, 3.63) is 35.6 Å². The van der Waals surface area contributed by atoms with Crippen LogP contribution in [0.2, 0.25) is 0 Å². The summed E-state index contributed by atoms with van der Waals surface area (Å²) in [5, 5.41) is 3.44. The van der Waals surface area contributed by atoms with Crippen LogP contribution < -0.4 is 5.32 Å². The highest BCUT2D eigenvalue weighted by Gasteiger charge is 2.12. The van der Waals surface area contributed by atoms with Gasteiger partial charge >= 0.3 is 0 Å². The van der Waals surface area contributed by atoms with Gasteiger partial charge in [0.15, 0.2) is 0 Å². The predicted molar refractivity (Wildman–Crippen MR) is 79.8 cm³/mol. The van der Waals surface area contributed by atoms with Crippen LogP contribution in [0.3, 0.4) is 0 Å². The Morgan fingerprint density at radius 1 is 1.32 bits per heavy atom. The average Bonchev–Trinajstić information content (AvgIpc) is 2.33. The molecule has 0 heterocycles. The summed E-state index contributed by atoms with van der Waals surface area (Å²) in [6.45, 7) is 9.56. The fourth-order valence-corrected chi connectivity index (χ4v) is 2.42. The molecular formula is C16H27FN2. The molecule has 108 valence electrons. The fraction of sp³-hybridized carbons (Fsp3) is 0.625. The van der Waals surface area contributed by atoms with Crippen LogP contribution in [0.1, 0.15) is 38.8 Å². The van der Waals surface area contributed by atoms with Crippen molar-refractivity contribution in [1.82, 2.24) is 10.2 Å². The lowest BCUT2D eigenvalue weighted by atomic mass is 10.0. The van der Waals surface area contributed by atoms with Crippen molar-refractivity contribution in [2.45, 2.75) is 33.2 Å². The van der Waals surface area contributed by atoms with Gasteiger partial charge < -0.3 is 10.2 Å². The zero-order chi connectivity index (χ0) is 14.3. The molecule has 1 aromatic rings. The number of rotatable bonds is 8. The first-order chi connectivity index (χ1) is 9.02. The Labute approximate surface area is 117 Å². The highest BCUT2D eigenvalue weighted by molar-refractivity contribution is 5.20. The summed E-state index contributed by atoms with van der Waals surface area (Å²) in [4.78, 5) is 2.34. The standard InChI is InChI=1S/C16H27FN2/c1-5-18-16(9-10-19(4)12-13(2)3)14-7-6-8-15(17)11-14/h6-8,11,13,16,18H,5,9-10,12H2,1-4H3. The lowest BCUT2D eigenvalue weighted by Gasteiger charge is -2.24. The van der Waals surface area contributed by atoms with Crippen LogP contribution in [0.25, 0.3) is 0 Å². The van der Waals surface area contributed by atoms with Gasteiger partial charge in [-0.15, -0.1) is 0 Å². The summed E-state index contributed by atoms with van der Waals surface area (Å²) in [5.74, 6) is 0.521. The van der Waals surface area contributed by atoms with Crippen molar-refractivity contribution in [3.63, 3.8) is 0 Å². The minimum Gasteiger partial charge on any atom is -0.310 e. The summed E-state index contributed by atoms with van der Waals surface area (Å²) >= 11 is 0. The first kappa shape index (κ1) is 16.1. The van der Waals surface area contributed by atoms with Crippen molar-refractivity contribution in [1.29, 1.82) is 0 Å². The Hall–Kier alpha value is -0.930. The third-order valence-corrected chi connectivity index (χ3v) is 3.18. The molecule has 0 aliphatic heterocycles. The summed E-state index contributed by atoms with van der Waals surface area (Å²) < 4.78 is 13.3. The van der Waals surface area contributed by atoms with Crippen molar-refractivity contribution >= 4 is 0 Å². The fourth-order valence-electron chi connectivity index (χ4n) is 2.42. The van der Waals surface area contributed by atoms with Gasteiger partial charge in [0.05, 0.1) is 0 Å². The SMILES string of the molecule is CCNC(CCN(C)CC(C)C)c1cccc(F)c1. The molecule has 0 radical (unpaired) electrons. The first-order valence-corrected chi connectivity index (χ1v) is 7.20. The zero-order valence-electron chi connectivity index (χ0n) is 12.6. The van der Waals surface area contributed by atoms with Crippen LogP contribution in [0.5, 0.6) is 0 Å². The monoisotopic (exact) mass is 266 g/mol. The second-order valence-corrected chi connectivity index (χ2v) is 5.61. The Kier molecular flexibility index (Phi) is 7.03. The average molecular weight is 266 g/mol. The van der Waals surface area contributed by atoms with Crippen LogP contribution in [0, 0.1) is 11.7 Å². The minimum atomic E-state index is -0.157. The molecule has 0 bridgehead atoms. The Morgan fingerprint density at radius 3 is 2.63 bits per heavy atom. The first-order valence-electron chi connectivity index (χ1n) is 7.20. The van der Waals surface area contributed by atoms with Crippen LogP contribution >= 0.6 is 0 Å². The number of benzene rings is 1. The van der Waals surface area contributed by atoms with Gasteiger partial charge in [0.1, 0.15) is 5.82 Å². The zero-order valence-corrected chi connectivity index (χ0v) is 12.6. The number of nitrogens with zero attached hydrogens (tertiary/aromatic N) is 1. The highest BCUT2D eigenvalue weighted by atomic mass is 19.1. The number of hydrogen-bond donors (Lipinski definition) is 1. The molecule has 1 atom stereocenters. The van der Waals surface area contributed by atoms with Crippen LogP contribution in [-0.4, -0.2) is 31.6 Å². The number of hydrogen-bond acceptors (Lipinski definition) is 2. The molecule has 1 unspecified atom stereocenters. The molecule has 1 aromatic carbocycles. The van der Waals surface area contributed by atoms with E-state index in [4.69, 9.17) is 0 Å². The largest absolute Gasteiger partial charge is 0.310 e. The van der Waals surface area contributed by atoms with Crippen molar-refractivity contribution in [2.24, 2.45) is 5.92 Å². The van der Waals surface area contributed by atoms with Crippen molar-refractivity contribution < 1.29 is 4.39 Å². The van der Waals surface area contributed by atoms with E-state index in [1.54, 1.807) is 12.1 Å². The van der Waals surface area contributed by atoms with Gasteiger partial charge in [0.25, 0.3) is 0 Å². The van der Waals surface area contributed by atoms with Gasteiger partial charge in [-0.05, 0) is 50.2 Å². The molecule has 0 amide bonds. The van der Waals surface area contributed by atoms with Gasteiger partial charge in [-0.1, -0.05) is 32.9 Å². The van der Waals surface area contributed by atoms with E-state index >= 15 is 0 Å². The summed E-state index contributed by atoms with van der Waals surface area (Å²) in [7, 11) is 2.15. The second kappa shape index (κ2) is 8.28. The maximum absolute atomic E-state index is 13.3. The highest BCUT2D eigenvalue weighted by Crippen LogP contribution is 2.18. The molecule has 0 fully saturated rings. The summed E-state index contributed by atoms with van der Waals surface area (Å²) in [6, 6.07) is 7.15. The maximum Gasteiger partial charge on any atom is 0.123 e. The molecule has 1 N–H and O–H groups in total. The lowest BCUT2D eigenvalue weighted by Crippen LogP contribution is -2.29. The molecule has 0 aromatic heterocycles.